The molecule has 0 atom stereocenters. The first-order valence-corrected chi connectivity index (χ1v) is 8.09. The van der Waals surface area contributed by atoms with Gasteiger partial charge in [0, 0.05) is 18.5 Å². The quantitative estimate of drug-likeness (QED) is 0.370. The van der Waals surface area contributed by atoms with Crippen molar-refractivity contribution >= 4 is 5.96 Å². The van der Waals surface area contributed by atoms with Crippen LogP contribution in [0.5, 0.6) is 5.75 Å². The van der Waals surface area contributed by atoms with Crippen molar-refractivity contribution in [1.82, 2.24) is 10.6 Å². The van der Waals surface area contributed by atoms with Gasteiger partial charge in [0.1, 0.15) is 5.75 Å². The van der Waals surface area contributed by atoms with Crippen molar-refractivity contribution in [1.29, 1.82) is 0 Å². The smallest absolute Gasteiger partial charge is 0.191 e. The molecule has 1 saturated carbocycles. The van der Waals surface area contributed by atoms with Gasteiger partial charge in [0.2, 0.25) is 0 Å². The Morgan fingerprint density at radius 2 is 2.05 bits per heavy atom. The highest BCUT2D eigenvalue weighted by atomic mass is 16.5. The number of aliphatic imine (C=N–C) groups is 1. The van der Waals surface area contributed by atoms with E-state index in [-0.39, 0.29) is 12.0 Å². The van der Waals surface area contributed by atoms with Gasteiger partial charge in [-0.3, -0.25) is 4.99 Å². The number of nitrogens with zero attached hydrogens (tertiary/aromatic N) is 1. The summed E-state index contributed by atoms with van der Waals surface area (Å²) in [5.74, 6) is 1.73. The van der Waals surface area contributed by atoms with Crippen LogP contribution < -0.4 is 15.4 Å². The predicted octanol–water partition coefficient (Wildman–Crippen LogP) is 1.78. The standard InChI is InChI=1S/C17H27N3O2/c1-2-18-16(20-13-17(14-21)9-10-17)19-11-6-12-22-15-7-4-3-5-8-15/h3-5,7-8,21H,2,6,9-14H2,1H3,(H2,18,19,20). The van der Waals surface area contributed by atoms with E-state index >= 15 is 0 Å². The first kappa shape index (κ1) is 16.6. The molecule has 3 N–H and O–H groups in total. The van der Waals surface area contributed by atoms with Crippen LogP contribution in [0, 0.1) is 5.41 Å². The second-order valence-corrected chi connectivity index (χ2v) is 5.80. The van der Waals surface area contributed by atoms with Crippen LogP contribution >= 0.6 is 0 Å². The van der Waals surface area contributed by atoms with Crippen molar-refractivity contribution in [2.24, 2.45) is 10.4 Å². The Morgan fingerprint density at radius 3 is 2.68 bits per heavy atom. The molecular weight excluding hydrogens is 278 g/mol. The van der Waals surface area contributed by atoms with Crippen LogP contribution in [-0.2, 0) is 0 Å². The highest BCUT2D eigenvalue weighted by Crippen LogP contribution is 2.45. The Morgan fingerprint density at radius 1 is 1.27 bits per heavy atom. The molecule has 0 spiro atoms. The lowest BCUT2D eigenvalue weighted by Gasteiger charge is -2.14. The van der Waals surface area contributed by atoms with Gasteiger partial charge in [-0.15, -0.1) is 0 Å². The third-order valence-electron chi connectivity index (χ3n) is 3.83. The van der Waals surface area contributed by atoms with E-state index in [4.69, 9.17) is 4.74 Å². The number of para-hydroxylation sites is 1. The molecule has 22 heavy (non-hydrogen) atoms. The Kier molecular flexibility index (Phi) is 6.52. The van der Waals surface area contributed by atoms with Crippen molar-refractivity contribution in [2.75, 3.05) is 32.8 Å². The van der Waals surface area contributed by atoms with Crippen LogP contribution in [0.3, 0.4) is 0 Å². The minimum atomic E-state index is 0.0543. The van der Waals surface area contributed by atoms with Crippen LogP contribution in [0.1, 0.15) is 26.2 Å². The molecule has 0 aliphatic heterocycles. The molecule has 1 aliphatic carbocycles. The highest BCUT2D eigenvalue weighted by Gasteiger charge is 2.41. The van der Waals surface area contributed by atoms with E-state index in [1.807, 2.05) is 30.3 Å². The molecule has 5 nitrogen and oxygen atoms in total. The molecule has 0 heterocycles. The van der Waals surface area contributed by atoms with Crippen LogP contribution in [0.4, 0.5) is 0 Å². The van der Waals surface area contributed by atoms with Gasteiger partial charge in [0.05, 0.1) is 19.8 Å². The number of hydrogen-bond acceptors (Lipinski definition) is 3. The summed E-state index contributed by atoms with van der Waals surface area (Å²) in [6, 6.07) is 9.84. The zero-order valence-electron chi connectivity index (χ0n) is 13.3. The molecule has 0 radical (unpaired) electrons. The monoisotopic (exact) mass is 305 g/mol. The first-order chi connectivity index (χ1) is 10.8. The molecule has 1 fully saturated rings. The van der Waals surface area contributed by atoms with Crippen molar-refractivity contribution in [3.63, 3.8) is 0 Å². The van der Waals surface area contributed by atoms with Gasteiger partial charge in [0.15, 0.2) is 5.96 Å². The SMILES string of the molecule is CCNC(=NCC1(CO)CC1)NCCCOc1ccccc1. The lowest BCUT2D eigenvalue weighted by Crippen LogP contribution is -2.38. The van der Waals surface area contributed by atoms with Gasteiger partial charge >= 0.3 is 0 Å². The van der Waals surface area contributed by atoms with E-state index in [0.29, 0.717) is 13.2 Å². The maximum atomic E-state index is 9.33. The maximum Gasteiger partial charge on any atom is 0.191 e. The summed E-state index contributed by atoms with van der Waals surface area (Å²) in [4.78, 5) is 4.57. The van der Waals surface area contributed by atoms with Gasteiger partial charge in [-0.2, -0.15) is 0 Å². The zero-order chi connectivity index (χ0) is 15.7. The molecule has 0 unspecified atom stereocenters. The third kappa shape index (κ3) is 5.56. The van der Waals surface area contributed by atoms with Gasteiger partial charge in [-0.1, -0.05) is 18.2 Å². The fourth-order valence-electron chi connectivity index (χ4n) is 2.12. The van der Waals surface area contributed by atoms with E-state index in [1.54, 1.807) is 0 Å². The number of aliphatic hydroxyl groups is 1. The van der Waals surface area contributed by atoms with E-state index < -0.39 is 0 Å². The summed E-state index contributed by atoms with van der Waals surface area (Å²) in [6.07, 6.45) is 3.07. The summed E-state index contributed by atoms with van der Waals surface area (Å²) in [5.41, 5.74) is 0.0543. The maximum absolute atomic E-state index is 9.33. The summed E-state index contributed by atoms with van der Waals surface area (Å²) in [5, 5.41) is 15.9. The fourth-order valence-corrected chi connectivity index (χ4v) is 2.12. The molecule has 0 aromatic heterocycles. The lowest BCUT2D eigenvalue weighted by molar-refractivity contribution is 0.217. The first-order valence-electron chi connectivity index (χ1n) is 8.09. The van der Waals surface area contributed by atoms with E-state index in [9.17, 15) is 5.11 Å². The summed E-state index contributed by atoms with van der Waals surface area (Å²) in [6.45, 7) is 5.30. The van der Waals surface area contributed by atoms with Crippen molar-refractivity contribution in [2.45, 2.75) is 26.2 Å². The summed E-state index contributed by atoms with van der Waals surface area (Å²) >= 11 is 0. The molecule has 0 amide bonds. The lowest BCUT2D eigenvalue weighted by atomic mass is 10.1. The van der Waals surface area contributed by atoms with Crippen molar-refractivity contribution in [3.05, 3.63) is 30.3 Å². The Hall–Kier alpha value is -1.75. The molecule has 1 aromatic carbocycles. The number of guanidine groups is 1. The number of benzene rings is 1. The zero-order valence-corrected chi connectivity index (χ0v) is 13.3. The largest absolute Gasteiger partial charge is 0.494 e. The summed E-state index contributed by atoms with van der Waals surface area (Å²) < 4.78 is 5.66. The van der Waals surface area contributed by atoms with Gasteiger partial charge in [-0.05, 0) is 38.3 Å². The number of hydrogen-bond donors (Lipinski definition) is 3. The van der Waals surface area contributed by atoms with Crippen LogP contribution in [0.15, 0.2) is 35.3 Å². The van der Waals surface area contributed by atoms with Crippen LogP contribution in [-0.4, -0.2) is 43.9 Å². The molecule has 0 saturated heterocycles. The molecule has 1 aliphatic rings. The van der Waals surface area contributed by atoms with Crippen molar-refractivity contribution < 1.29 is 9.84 Å². The predicted molar refractivity (Wildman–Crippen MR) is 89.3 cm³/mol. The Balaban J connectivity index is 1.65. The molecule has 1 aromatic rings. The van der Waals surface area contributed by atoms with E-state index in [1.165, 1.54) is 0 Å². The molecule has 2 rings (SSSR count). The molecule has 5 heteroatoms. The van der Waals surface area contributed by atoms with Gasteiger partial charge in [-0.25, -0.2) is 0 Å². The van der Waals surface area contributed by atoms with Crippen LogP contribution in [0.25, 0.3) is 0 Å². The number of nitrogens with one attached hydrogen (secondary N) is 2. The number of rotatable bonds is 9. The number of ether oxygens (including phenoxy) is 1. The normalized spacial score (nSPS) is 16.2. The van der Waals surface area contributed by atoms with E-state index in [2.05, 4.69) is 22.5 Å². The molecule has 122 valence electrons. The van der Waals surface area contributed by atoms with Gasteiger partial charge in [0.25, 0.3) is 0 Å². The second kappa shape index (κ2) is 8.63. The van der Waals surface area contributed by atoms with Crippen LogP contribution in [0.2, 0.25) is 0 Å². The summed E-state index contributed by atoms with van der Waals surface area (Å²) in [7, 11) is 0. The van der Waals surface area contributed by atoms with Gasteiger partial charge < -0.3 is 20.5 Å². The number of aliphatic hydroxyl groups excluding tert-OH is 1. The second-order valence-electron chi connectivity index (χ2n) is 5.80. The molecular formula is C17H27N3O2. The molecule has 0 bridgehead atoms. The topological polar surface area (TPSA) is 65.9 Å². The third-order valence-corrected chi connectivity index (χ3v) is 3.83. The average molecular weight is 305 g/mol. The minimum Gasteiger partial charge on any atom is -0.494 e. The highest BCUT2D eigenvalue weighted by molar-refractivity contribution is 5.79. The van der Waals surface area contributed by atoms with Crippen molar-refractivity contribution in [3.8, 4) is 5.75 Å². The minimum absolute atomic E-state index is 0.0543. The average Bonchev–Trinajstić information content (AvgIpc) is 3.34. The fraction of sp³-hybridized carbons (Fsp3) is 0.588. The van der Waals surface area contributed by atoms with E-state index in [0.717, 1.165) is 44.1 Å². The Bertz CT molecular complexity index is 458. The Labute approximate surface area is 132 Å².